The molecule has 4 saturated heterocycles. The Morgan fingerprint density at radius 3 is 1.50 bits per heavy atom. The van der Waals surface area contributed by atoms with E-state index in [1.165, 1.54) is 5.56 Å². The van der Waals surface area contributed by atoms with E-state index in [4.69, 9.17) is 15.2 Å². The monoisotopic (exact) mass is 807 g/mol. The van der Waals surface area contributed by atoms with Crippen LogP contribution in [-0.4, -0.2) is 123 Å². The van der Waals surface area contributed by atoms with Crippen molar-refractivity contribution >= 4 is 34.9 Å². The lowest BCUT2D eigenvalue weighted by atomic mass is 9.93. The Morgan fingerprint density at radius 2 is 1.10 bits per heavy atom. The number of hydrogen-bond acceptors (Lipinski definition) is 11. The van der Waals surface area contributed by atoms with Gasteiger partial charge in [-0.25, -0.2) is 9.59 Å². The third kappa shape index (κ3) is 11.9. The summed E-state index contributed by atoms with van der Waals surface area (Å²) >= 11 is 0. The number of benzene rings is 2. The van der Waals surface area contributed by atoms with Crippen LogP contribution in [0.4, 0.5) is 32.3 Å². The Kier molecular flexibility index (Phi) is 13.8. The van der Waals surface area contributed by atoms with Gasteiger partial charge < -0.3 is 35.6 Å². The molecule has 14 heteroatoms. The van der Waals surface area contributed by atoms with Gasteiger partial charge in [0, 0.05) is 81.6 Å². The van der Waals surface area contributed by atoms with E-state index in [1.807, 2.05) is 70.4 Å². The van der Waals surface area contributed by atoms with Crippen LogP contribution in [-0.2, 0) is 9.47 Å². The van der Waals surface area contributed by atoms with Gasteiger partial charge in [0.25, 0.3) is 5.69 Å². The van der Waals surface area contributed by atoms with Gasteiger partial charge in [-0.15, -0.1) is 0 Å². The number of amides is 2. The van der Waals surface area contributed by atoms with Crippen LogP contribution in [0.5, 0.6) is 0 Å². The molecule has 2 amide bonds. The van der Waals surface area contributed by atoms with Gasteiger partial charge in [0.15, 0.2) is 0 Å². The van der Waals surface area contributed by atoms with Crippen molar-refractivity contribution in [2.75, 3.05) is 68.7 Å². The van der Waals surface area contributed by atoms with Crippen LogP contribution >= 0.6 is 0 Å². The predicted molar refractivity (Wildman–Crippen MR) is 232 cm³/mol. The Labute approximate surface area is 346 Å². The van der Waals surface area contributed by atoms with Gasteiger partial charge in [-0.1, -0.05) is 12.1 Å². The van der Waals surface area contributed by atoms with Crippen molar-refractivity contribution < 1.29 is 24.0 Å². The molecule has 2 atom stereocenters. The number of aryl methyl sites for hydroxylation is 2. The maximum Gasteiger partial charge on any atom is 0.410 e. The highest BCUT2D eigenvalue weighted by Crippen LogP contribution is 2.35. The third-order valence-corrected chi connectivity index (χ3v) is 12.0. The van der Waals surface area contributed by atoms with Crippen LogP contribution in [0, 0.1) is 24.0 Å². The fraction of sp³-hybridized carbons (Fsp3) is 0.682. The highest BCUT2D eigenvalue weighted by molar-refractivity contribution is 5.69. The zero-order valence-electron chi connectivity index (χ0n) is 36.8. The molecular formula is C44H70N8O6. The summed E-state index contributed by atoms with van der Waals surface area (Å²) in [5, 5.41) is 18.4. The zero-order valence-corrected chi connectivity index (χ0v) is 36.8. The molecule has 2 aromatic rings. The van der Waals surface area contributed by atoms with E-state index in [1.54, 1.807) is 12.1 Å². The molecule has 4 aliphatic heterocycles. The predicted octanol–water partition coefficient (Wildman–Crippen LogP) is 8.03. The van der Waals surface area contributed by atoms with Crippen LogP contribution in [0.15, 0.2) is 36.4 Å². The Bertz CT molecular complexity index is 1760. The van der Waals surface area contributed by atoms with Crippen molar-refractivity contribution in [1.29, 1.82) is 0 Å². The normalized spacial score (nSPS) is 23.9. The number of piperidine rings is 2. The molecule has 58 heavy (non-hydrogen) atoms. The van der Waals surface area contributed by atoms with Crippen molar-refractivity contribution in [3.05, 3.63) is 57.6 Å². The molecule has 2 unspecified atom stereocenters. The van der Waals surface area contributed by atoms with Crippen molar-refractivity contribution in [2.45, 2.75) is 142 Å². The van der Waals surface area contributed by atoms with Gasteiger partial charge in [-0.05, 0) is 137 Å². The van der Waals surface area contributed by atoms with Gasteiger partial charge in [-0.2, -0.15) is 0 Å². The summed E-state index contributed by atoms with van der Waals surface area (Å²) in [7, 11) is 0. The first-order chi connectivity index (χ1) is 27.0. The van der Waals surface area contributed by atoms with E-state index < -0.39 is 11.2 Å². The molecule has 2 aromatic carbocycles. The minimum atomic E-state index is -0.487. The summed E-state index contributed by atoms with van der Waals surface area (Å²) in [6.07, 6.45) is 5.46. The first-order valence-corrected chi connectivity index (χ1v) is 21.1. The second kappa shape index (κ2) is 17.9. The Balaban J connectivity index is 0.000000221. The first kappa shape index (κ1) is 44.8. The molecule has 322 valence electrons. The van der Waals surface area contributed by atoms with E-state index in [2.05, 4.69) is 53.3 Å². The molecule has 14 nitrogen and oxygen atoms in total. The highest BCUT2D eigenvalue weighted by Gasteiger charge is 2.44. The van der Waals surface area contributed by atoms with E-state index >= 15 is 0 Å². The summed E-state index contributed by atoms with van der Waals surface area (Å²) in [4.78, 5) is 44.6. The lowest BCUT2D eigenvalue weighted by Gasteiger charge is -2.43. The summed E-state index contributed by atoms with van der Waals surface area (Å²) in [6, 6.07) is 12.1. The lowest BCUT2D eigenvalue weighted by molar-refractivity contribution is -0.384. The Hall–Kier alpha value is -4.30. The van der Waals surface area contributed by atoms with Crippen LogP contribution in [0.25, 0.3) is 0 Å². The fourth-order valence-corrected chi connectivity index (χ4v) is 8.67. The number of nitro groups is 1. The van der Waals surface area contributed by atoms with E-state index in [0.717, 1.165) is 94.7 Å². The molecule has 4 fully saturated rings. The highest BCUT2D eigenvalue weighted by atomic mass is 16.6. The molecule has 0 radical (unpaired) electrons. The van der Waals surface area contributed by atoms with Gasteiger partial charge in [0.1, 0.15) is 16.9 Å². The van der Waals surface area contributed by atoms with Crippen LogP contribution < -0.4 is 16.4 Å². The second-order valence-corrected chi connectivity index (χ2v) is 19.5. The maximum atomic E-state index is 12.4. The fourth-order valence-electron chi connectivity index (χ4n) is 8.67. The minimum Gasteiger partial charge on any atom is -0.444 e. The molecule has 4 N–H and O–H groups in total. The number of hydrogen-bond donors (Lipinski definition) is 3. The number of carbonyl (C=O) groups is 2. The zero-order chi connectivity index (χ0) is 42.6. The summed E-state index contributed by atoms with van der Waals surface area (Å²) < 4.78 is 11.1. The maximum absolute atomic E-state index is 12.4. The standard InChI is InChI=1S/C22H34N4O4.C22H36N4O2/c1-16-6-7-18(19(14-16)26(28)29)23-17-8-11-25(12-9-17)22(5)10-13-24(15-22)20(27)30-21(2,3)4;1-16-6-7-19(18(23)14-16)24-17-8-11-26(12-9-17)22(5)10-13-25(15-22)20(27)28-21(2,3)4/h6-7,14,17,23H,8-13,15H2,1-5H3;6-7,14,17,24H,8-13,15,23H2,1-5H3. The Morgan fingerprint density at radius 1 is 0.707 bits per heavy atom. The van der Waals surface area contributed by atoms with Gasteiger partial charge in [-0.3, -0.25) is 19.9 Å². The van der Waals surface area contributed by atoms with Crippen LogP contribution in [0.3, 0.4) is 0 Å². The number of carbonyl (C=O) groups excluding carboxylic acids is 2. The number of anilines is 3. The molecule has 0 spiro atoms. The van der Waals surface area contributed by atoms with E-state index in [0.29, 0.717) is 24.8 Å². The minimum absolute atomic E-state index is 0.0325. The molecule has 6 rings (SSSR count). The van der Waals surface area contributed by atoms with Gasteiger partial charge >= 0.3 is 12.2 Å². The number of nitrogen functional groups attached to an aromatic ring is 1. The number of rotatable bonds is 7. The number of likely N-dealkylation sites (tertiary alicyclic amines) is 4. The van der Waals surface area contributed by atoms with Crippen molar-refractivity contribution in [3.63, 3.8) is 0 Å². The van der Waals surface area contributed by atoms with Crippen molar-refractivity contribution in [3.8, 4) is 0 Å². The van der Waals surface area contributed by atoms with Gasteiger partial charge in [0.05, 0.1) is 16.3 Å². The average molecular weight is 807 g/mol. The molecule has 4 aliphatic rings. The first-order valence-electron chi connectivity index (χ1n) is 21.1. The topological polar surface area (TPSA) is 159 Å². The molecule has 0 bridgehead atoms. The van der Waals surface area contributed by atoms with E-state index in [-0.39, 0.29) is 39.9 Å². The molecule has 0 aliphatic carbocycles. The number of ether oxygens (including phenoxy) is 2. The number of nitrogens with two attached hydrogens (primary N) is 1. The second-order valence-electron chi connectivity index (χ2n) is 19.5. The summed E-state index contributed by atoms with van der Waals surface area (Å²) in [6.45, 7) is 26.6. The summed E-state index contributed by atoms with van der Waals surface area (Å²) in [5.41, 5.74) is 9.83. The van der Waals surface area contributed by atoms with Crippen LogP contribution in [0.1, 0.15) is 105 Å². The van der Waals surface area contributed by atoms with Crippen LogP contribution in [0.2, 0.25) is 0 Å². The average Bonchev–Trinajstić information content (AvgIpc) is 3.74. The van der Waals surface area contributed by atoms with Gasteiger partial charge in [0.2, 0.25) is 0 Å². The number of nitrogens with zero attached hydrogens (tertiary/aromatic N) is 5. The lowest BCUT2D eigenvalue weighted by Crippen LogP contribution is -2.53. The molecular weight excluding hydrogens is 737 g/mol. The summed E-state index contributed by atoms with van der Waals surface area (Å²) in [5.74, 6) is 0. The number of nitrogens with one attached hydrogen (secondary N) is 2. The molecule has 0 saturated carbocycles. The van der Waals surface area contributed by atoms with E-state index in [9.17, 15) is 19.7 Å². The van der Waals surface area contributed by atoms with Crippen molar-refractivity contribution in [1.82, 2.24) is 19.6 Å². The van der Waals surface area contributed by atoms with Crippen molar-refractivity contribution in [2.24, 2.45) is 0 Å². The quantitative estimate of drug-likeness (QED) is 0.141. The third-order valence-electron chi connectivity index (χ3n) is 12.0. The molecule has 0 aromatic heterocycles. The number of nitro benzene ring substituents is 1. The smallest absolute Gasteiger partial charge is 0.410 e. The molecule has 4 heterocycles. The largest absolute Gasteiger partial charge is 0.444 e. The SMILES string of the molecule is Cc1ccc(NC2CCN(C3(C)CCN(C(=O)OC(C)(C)C)C3)CC2)c(N)c1.Cc1ccc(NC2CCN(C3(C)CCN(C(=O)OC(C)(C)C)C3)CC2)c([N+](=O)[O-])c1.